The third kappa shape index (κ3) is 5.16. The summed E-state index contributed by atoms with van der Waals surface area (Å²) in [6.07, 6.45) is 1.41. The van der Waals surface area contributed by atoms with Gasteiger partial charge >= 0.3 is 0 Å². The minimum atomic E-state index is -3.85. The molecular weight excluding hydrogens is 481 g/mol. The summed E-state index contributed by atoms with van der Waals surface area (Å²) in [7, 11) is -7.64. The summed E-state index contributed by atoms with van der Waals surface area (Å²) < 4.78 is 63.7. The van der Waals surface area contributed by atoms with Crippen LogP contribution in [0.4, 0.5) is 10.1 Å². The Kier molecular flexibility index (Phi) is 6.26. The molecule has 0 saturated carbocycles. The van der Waals surface area contributed by atoms with E-state index >= 15 is 0 Å². The van der Waals surface area contributed by atoms with Gasteiger partial charge in [0.25, 0.3) is 0 Å². The van der Waals surface area contributed by atoms with Crippen LogP contribution in [0.5, 0.6) is 0 Å². The first kappa shape index (κ1) is 23.6. The minimum absolute atomic E-state index is 0.0673. The Morgan fingerprint density at radius 1 is 0.912 bits per heavy atom. The van der Waals surface area contributed by atoms with Crippen molar-refractivity contribution in [3.05, 3.63) is 90.4 Å². The van der Waals surface area contributed by atoms with Gasteiger partial charge in [0.2, 0.25) is 15.9 Å². The number of rotatable bonds is 7. The highest BCUT2D eigenvalue weighted by Gasteiger charge is 2.22. The van der Waals surface area contributed by atoms with Crippen molar-refractivity contribution in [2.45, 2.75) is 22.1 Å². The quantitative estimate of drug-likeness (QED) is 0.402. The van der Waals surface area contributed by atoms with E-state index in [4.69, 9.17) is 5.14 Å². The molecule has 3 N–H and O–H groups in total. The predicted octanol–water partition coefficient (Wildman–Crippen LogP) is 3.04. The maximum absolute atomic E-state index is 13.2. The van der Waals surface area contributed by atoms with Crippen molar-refractivity contribution in [3.8, 4) is 0 Å². The topological polar surface area (TPSA) is 128 Å². The fourth-order valence-electron chi connectivity index (χ4n) is 3.55. The van der Waals surface area contributed by atoms with Gasteiger partial charge in [-0.2, -0.15) is 0 Å². The number of primary sulfonamides is 1. The van der Waals surface area contributed by atoms with E-state index in [0.29, 0.717) is 22.2 Å². The molecule has 176 valence electrons. The Balaban J connectivity index is 1.59. The normalized spacial score (nSPS) is 12.1. The summed E-state index contributed by atoms with van der Waals surface area (Å²) in [4.78, 5) is 12.6. The first-order valence-electron chi connectivity index (χ1n) is 10.0. The van der Waals surface area contributed by atoms with Crippen LogP contribution in [0.1, 0.15) is 5.56 Å². The van der Waals surface area contributed by atoms with Crippen LogP contribution in [0.25, 0.3) is 10.9 Å². The fraction of sp³-hybridized carbons (Fsp3) is 0.0870. The molecule has 0 radical (unpaired) electrons. The number of nitrogens with two attached hydrogens (primary N) is 1. The summed E-state index contributed by atoms with van der Waals surface area (Å²) in [5.74, 6) is -1.21. The van der Waals surface area contributed by atoms with E-state index in [2.05, 4.69) is 5.32 Å². The smallest absolute Gasteiger partial charge is 0.244 e. The number of hydrogen-bond donors (Lipinski definition) is 2. The molecule has 8 nitrogen and oxygen atoms in total. The van der Waals surface area contributed by atoms with Gasteiger partial charge in [-0.3, -0.25) is 4.79 Å². The number of nitrogens with zero attached hydrogens (tertiary/aromatic N) is 1. The molecule has 0 aliphatic rings. The summed E-state index contributed by atoms with van der Waals surface area (Å²) >= 11 is 0. The van der Waals surface area contributed by atoms with Gasteiger partial charge in [-0.1, -0.05) is 30.3 Å². The van der Waals surface area contributed by atoms with Crippen LogP contribution in [0.2, 0.25) is 0 Å². The minimum Gasteiger partial charge on any atom is -0.337 e. The molecule has 34 heavy (non-hydrogen) atoms. The number of carbonyl (C=O) groups is 1. The van der Waals surface area contributed by atoms with Gasteiger partial charge in [0.1, 0.15) is 12.4 Å². The number of halogens is 1. The van der Waals surface area contributed by atoms with Gasteiger partial charge in [0.05, 0.1) is 15.5 Å². The third-order valence-electron chi connectivity index (χ3n) is 5.14. The summed E-state index contributed by atoms with van der Waals surface area (Å²) in [6.45, 7) is -0.177. The lowest BCUT2D eigenvalue weighted by Crippen LogP contribution is -2.18. The van der Waals surface area contributed by atoms with Crippen LogP contribution in [-0.4, -0.2) is 27.3 Å². The Bertz CT molecular complexity index is 1580. The van der Waals surface area contributed by atoms with Crippen LogP contribution in [0, 0.1) is 5.82 Å². The van der Waals surface area contributed by atoms with Crippen molar-refractivity contribution in [1.29, 1.82) is 0 Å². The van der Waals surface area contributed by atoms with Gasteiger partial charge in [-0.05, 0) is 48.0 Å². The average molecular weight is 502 g/mol. The van der Waals surface area contributed by atoms with E-state index in [1.54, 1.807) is 24.3 Å². The Morgan fingerprint density at radius 2 is 1.56 bits per heavy atom. The summed E-state index contributed by atoms with van der Waals surface area (Å²) in [5, 5.41) is 8.19. The Hall–Kier alpha value is -3.54. The average Bonchev–Trinajstić information content (AvgIpc) is 3.14. The summed E-state index contributed by atoms with van der Waals surface area (Å²) in [5.41, 5.74) is 1.36. The highest BCUT2D eigenvalue weighted by atomic mass is 32.2. The molecule has 0 spiro atoms. The maximum Gasteiger partial charge on any atom is 0.244 e. The van der Waals surface area contributed by atoms with Crippen LogP contribution in [0.3, 0.4) is 0 Å². The van der Waals surface area contributed by atoms with Gasteiger partial charge in [-0.25, -0.2) is 26.4 Å². The second-order valence-electron chi connectivity index (χ2n) is 7.64. The first-order valence-corrected chi connectivity index (χ1v) is 13.2. The van der Waals surface area contributed by atoms with Crippen LogP contribution in [-0.2, 0) is 37.0 Å². The second kappa shape index (κ2) is 9.01. The highest BCUT2D eigenvalue weighted by molar-refractivity contribution is 7.91. The highest BCUT2D eigenvalue weighted by Crippen LogP contribution is 2.28. The van der Waals surface area contributed by atoms with Crippen LogP contribution < -0.4 is 10.5 Å². The van der Waals surface area contributed by atoms with Crippen LogP contribution >= 0.6 is 0 Å². The molecule has 11 heteroatoms. The molecule has 0 bridgehead atoms. The lowest BCUT2D eigenvalue weighted by atomic mass is 10.2. The second-order valence-corrected chi connectivity index (χ2v) is 11.2. The molecule has 0 aliphatic carbocycles. The zero-order valence-electron chi connectivity index (χ0n) is 17.7. The number of sulfonamides is 1. The number of sulfone groups is 1. The number of hydrogen-bond acceptors (Lipinski definition) is 5. The van der Waals surface area contributed by atoms with Gasteiger partial charge in [-0.15, -0.1) is 0 Å². The molecule has 0 saturated heterocycles. The fourth-order valence-corrected chi connectivity index (χ4v) is 5.65. The molecular formula is C23H20FN3O5S2. The van der Waals surface area contributed by atoms with E-state index in [-0.39, 0.29) is 22.1 Å². The first-order chi connectivity index (χ1) is 16.0. The van der Waals surface area contributed by atoms with E-state index in [1.807, 2.05) is 0 Å². The molecule has 0 unspecified atom stereocenters. The Labute approximate surface area is 195 Å². The number of aromatic nitrogens is 1. The van der Waals surface area contributed by atoms with E-state index < -0.39 is 31.6 Å². The molecule has 0 aliphatic heterocycles. The molecule has 3 aromatic carbocycles. The lowest BCUT2D eigenvalue weighted by Gasteiger charge is -2.08. The Morgan fingerprint density at radius 3 is 2.21 bits per heavy atom. The molecule has 1 heterocycles. The van der Waals surface area contributed by atoms with Crippen molar-refractivity contribution in [1.82, 2.24) is 4.57 Å². The zero-order chi connectivity index (χ0) is 24.5. The monoisotopic (exact) mass is 501 g/mol. The number of anilines is 1. The molecule has 4 rings (SSSR count). The van der Waals surface area contributed by atoms with E-state index in [0.717, 1.165) is 0 Å². The lowest BCUT2D eigenvalue weighted by molar-refractivity contribution is -0.116. The number of amides is 1. The number of nitrogens with one attached hydrogen (secondary N) is 1. The zero-order valence-corrected chi connectivity index (χ0v) is 19.3. The molecule has 1 amide bonds. The number of fused-ring (bicyclic) bond motifs is 1. The third-order valence-corrected chi connectivity index (χ3v) is 7.78. The summed E-state index contributed by atoms with van der Waals surface area (Å²) in [6, 6.07) is 17.4. The molecule has 0 fully saturated rings. The molecule has 1 aromatic heterocycles. The van der Waals surface area contributed by atoms with E-state index in [9.17, 15) is 26.0 Å². The number of benzene rings is 3. The molecule has 4 aromatic rings. The van der Waals surface area contributed by atoms with E-state index in [1.165, 1.54) is 59.3 Å². The molecule has 0 atom stereocenters. The maximum atomic E-state index is 13.2. The van der Waals surface area contributed by atoms with Crippen molar-refractivity contribution in [2.24, 2.45) is 5.14 Å². The predicted molar refractivity (Wildman–Crippen MR) is 126 cm³/mol. The standard InChI is InChI=1S/C23H20FN3O5S2/c24-17-7-5-16(6-8-17)15-33(29,30)22-13-27(21-4-2-1-3-20(21)22)14-23(28)26-18-9-11-19(12-10-18)34(25,31)32/h1-13H,14-15H2,(H,26,28)(H2,25,31,32). The SMILES string of the molecule is NS(=O)(=O)c1ccc(NC(=O)Cn2cc(S(=O)(=O)Cc3ccc(F)cc3)c3ccccc32)cc1. The number of para-hydroxylation sites is 1. The van der Waals surface area contributed by atoms with Crippen molar-refractivity contribution in [3.63, 3.8) is 0 Å². The van der Waals surface area contributed by atoms with Crippen molar-refractivity contribution >= 4 is 42.4 Å². The number of carbonyl (C=O) groups excluding carboxylic acids is 1. The van der Waals surface area contributed by atoms with Gasteiger partial charge < -0.3 is 9.88 Å². The van der Waals surface area contributed by atoms with Gasteiger partial charge in [0.15, 0.2) is 9.84 Å². The van der Waals surface area contributed by atoms with Crippen LogP contribution in [0.15, 0.2) is 88.8 Å². The van der Waals surface area contributed by atoms with Gasteiger partial charge in [0, 0.05) is 22.8 Å². The van der Waals surface area contributed by atoms with Crippen molar-refractivity contribution in [2.75, 3.05) is 5.32 Å². The van der Waals surface area contributed by atoms with Crippen molar-refractivity contribution < 1.29 is 26.0 Å². The largest absolute Gasteiger partial charge is 0.337 e.